The SMILES string of the molecule is CCNc1nc(NCC(C)C)nc(N2CCCCC2)n1. The normalized spacial score (nSPS) is 15.5. The number of hydrogen-bond donors (Lipinski definition) is 2. The van der Waals surface area contributed by atoms with Gasteiger partial charge in [-0.2, -0.15) is 15.0 Å². The van der Waals surface area contributed by atoms with Crippen molar-refractivity contribution in [3.8, 4) is 0 Å². The lowest BCUT2D eigenvalue weighted by molar-refractivity contribution is 0.567. The van der Waals surface area contributed by atoms with Gasteiger partial charge in [0.05, 0.1) is 0 Å². The van der Waals surface area contributed by atoms with E-state index in [1.807, 2.05) is 6.92 Å². The minimum atomic E-state index is 0.563. The highest BCUT2D eigenvalue weighted by Crippen LogP contribution is 2.18. The Hall–Kier alpha value is -1.59. The molecule has 0 amide bonds. The largest absolute Gasteiger partial charge is 0.354 e. The third kappa shape index (κ3) is 4.21. The van der Waals surface area contributed by atoms with Crippen LogP contribution in [0.1, 0.15) is 40.0 Å². The third-order valence-corrected chi connectivity index (χ3v) is 3.27. The van der Waals surface area contributed by atoms with Gasteiger partial charge in [-0.25, -0.2) is 0 Å². The molecule has 112 valence electrons. The second-order valence-electron chi connectivity index (χ2n) is 5.64. The van der Waals surface area contributed by atoms with E-state index in [9.17, 15) is 0 Å². The molecule has 0 spiro atoms. The van der Waals surface area contributed by atoms with E-state index in [2.05, 4.69) is 44.3 Å². The number of anilines is 3. The molecule has 0 aliphatic carbocycles. The molecule has 6 nitrogen and oxygen atoms in total. The van der Waals surface area contributed by atoms with Crippen molar-refractivity contribution >= 4 is 17.8 Å². The van der Waals surface area contributed by atoms with Crippen LogP contribution in [0.5, 0.6) is 0 Å². The van der Waals surface area contributed by atoms with Crippen molar-refractivity contribution in [1.29, 1.82) is 0 Å². The summed E-state index contributed by atoms with van der Waals surface area (Å²) in [6, 6.07) is 0. The maximum absolute atomic E-state index is 4.56. The van der Waals surface area contributed by atoms with Crippen LogP contribution in [0.2, 0.25) is 0 Å². The van der Waals surface area contributed by atoms with Crippen LogP contribution in [0, 0.1) is 5.92 Å². The Morgan fingerprint density at radius 1 is 1.00 bits per heavy atom. The average molecular weight is 278 g/mol. The Bertz CT molecular complexity index is 414. The molecular formula is C14H26N6. The first-order valence-electron chi connectivity index (χ1n) is 7.67. The molecule has 2 heterocycles. The van der Waals surface area contributed by atoms with Crippen molar-refractivity contribution in [2.75, 3.05) is 41.7 Å². The fourth-order valence-corrected chi connectivity index (χ4v) is 2.21. The van der Waals surface area contributed by atoms with Gasteiger partial charge in [0, 0.05) is 26.2 Å². The molecule has 2 rings (SSSR count). The van der Waals surface area contributed by atoms with Crippen LogP contribution in [0.15, 0.2) is 0 Å². The second kappa shape index (κ2) is 7.26. The molecule has 2 N–H and O–H groups in total. The Balaban J connectivity index is 2.15. The van der Waals surface area contributed by atoms with E-state index in [0.29, 0.717) is 17.8 Å². The highest BCUT2D eigenvalue weighted by atomic mass is 15.3. The van der Waals surface area contributed by atoms with Crippen molar-refractivity contribution in [3.63, 3.8) is 0 Å². The summed E-state index contributed by atoms with van der Waals surface area (Å²) < 4.78 is 0. The molecule has 0 saturated carbocycles. The van der Waals surface area contributed by atoms with E-state index < -0.39 is 0 Å². The third-order valence-electron chi connectivity index (χ3n) is 3.27. The van der Waals surface area contributed by atoms with Crippen molar-refractivity contribution in [1.82, 2.24) is 15.0 Å². The van der Waals surface area contributed by atoms with Crippen molar-refractivity contribution in [2.24, 2.45) is 5.92 Å². The molecule has 1 fully saturated rings. The molecule has 20 heavy (non-hydrogen) atoms. The highest BCUT2D eigenvalue weighted by molar-refractivity contribution is 5.44. The summed E-state index contributed by atoms with van der Waals surface area (Å²) in [5, 5.41) is 6.48. The minimum Gasteiger partial charge on any atom is -0.354 e. The summed E-state index contributed by atoms with van der Waals surface area (Å²) in [5.41, 5.74) is 0. The second-order valence-corrected chi connectivity index (χ2v) is 5.64. The molecule has 0 unspecified atom stereocenters. The zero-order chi connectivity index (χ0) is 14.4. The summed E-state index contributed by atoms with van der Waals surface area (Å²) in [4.78, 5) is 15.8. The molecule has 1 aromatic heterocycles. The molecule has 1 saturated heterocycles. The number of aromatic nitrogens is 3. The van der Waals surface area contributed by atoms with Gasteiger partial charge in [0.25, 0.3) is 0 Å². The molecule has 1 aromatic rings. The Kier molecular flexibility index (Phi) is 5.38. The molecule has 1 aliphatic rings. The van der Waals surface area contributed by atoms with Crippen LogP contribution in [0.25, 0.3) is 0 Å². The Labute approximate surface area is 121 Å². The van der Waals surface area contributed by atoms with Gasteiger partial charge in [-0.15, -0.1) is 0 Å². The molecule has 6 heteroatoms. The lowest BCUT2D eigenvalue weighted by Crippen LogP contribution is -2.31. The zero-order valence-electron chi connectivity index (χ0n) is 12.8. The van der Waals surface area contributed by atoms with Crippen LogP contribution in [0.4, 0.5) is 17.8 Å². The topological polar surface area (TPSA) is 66.0 Å². The quantitative estimate of drug-likeness (QED) is 0.833. The number of piperidine rings is 1. The number of nitrogens with zero attached hydrogens (tertiary/aromatic N) is 4. The van der Waals surface area contributed by atoms with Gasteiger partial charge in [-0.05, 0) is 32.1 Å². The van der Waals surface area contributed by atoms with E-state index in [1.54, 1.807) is 0 Å². The standard InChI is InChI=1S/C14H26N6/c1-4-15-12-17-13(16-10-11(2)3)19-14(18-12)20-8-6-5-7-9-20/h11H,4-10H2,1-3H3,(H2,15,16,17,18,19). The monoisotopic (exact) mass is 278 g/mol. The fourth-order valence-electron chi connectivity index (χ4n) is 2.21. The van der Waals surface area contributed by atoms with E-state index >= 15 is 0 Å². The first-order valence-corrected chi connectivity index (χ1v) is 7.67. The zero-order valence-corrected chi connectivity index (χ0v) is 12.8. The predicted molar refractivity (Wildman–Crippen MR) is 83.4 cm³/mol. The highest BCUT2D eigenvalue weighted by Gasteiger charge is 2.16. The summed E-state index contributed by atoms with van der Waals surface area (Å²) in [7, 11) is 0. The number of rotatable bonds is 6. The Morgan fingerprint density at radius 2 is 1.65 bits per heavy atom. The molecule has 0 aromatic carbocycles. The lowest BCUT2D eigenvalue weighted by Gasteiger charge is -2.27. The average Bonchev–Trinajstić information content (AvgIpc) is 2.46. The van der Waals surface area contributed by atoms with Gasteiger partial charge in [-0.3, -0.25) is 0 Å². The maximum atomic E-state index is 4.56. The first-order chi connectivity index (χ1) is 9.69. The van der Waals surface area contributed by atoms with Gasteiger partial charge in [-0.1, -0.05) is 13.8 Å². The molecule has 0 atom stereocenters. The van der Waals surface area contributed by atoms with Crippen molar-refractivity contribution in [2.45, 2.75) is 40.0 Å². The summed E-state index contributed by atoms with van der Waals surface area (Å²) in [6.45, 7) is 10.2. The molecular weight excluding hydrogens is 252 g/mol. The minimum absolute atomic E-state index is 0.563. The summed E-state index contributed by atoms with van der Waals surface area (Å²) in [6.07, 6.45) is 3.74. The van der Waals surface area contributed by atoms with Crippen molar-refractivity contribution in [3.05, 3.63) is 0 Å². The number of hydrogen-bond acceptors (Lipinski definition) is 6. The van der Waals surface area contributed by atoms with Gasteiger partial charge in [0.2, 0.25) is 17.8 Å². The van der Waals surface area contributed by atoms with Crippen LogP contribution >= 0.6 is 0 Å². The summed E-state index contributed by atoms with van der Waals surface area (Å²) in [5.74, 6) is 2.69. The van der Waals surface area contributed by atoms with Crippen LogP contribution < -0.4 is 15.5 Å². The Morgan fingerprint density at radius 3 is 2.25 bits per heavy atom. The molecule has 0 radical (unpaired) electrons. The molecule has 1 aliphatic heterocycles. The van der Waals surface area contributed by atoms with Gasteiger partial charge < -0.3 is 15.5 Å². The van der Waals surface area contributed by atoms with E-state index in [-0.39, 0.29) is 0 Å². The number of nitrogens with one attached hydrogen (secondary N) is 2. The smallest absolute Gasteiger partial charge is 0.231 e. The molecule has 0 bridgehead atoms. The van der Waals surface area contributed by atoms with E-state index in [0.717, 1.165) is 32.1 Å². The lowest BCUT2D eigenvalue weighted by atomic mass is 10.1. The summed E-state index contributed by atoms with van der Waals surface area (Å²) >= 11 is 0. The van der Waals surface area contributed by atoms with E-state index in [4.69, 9.17) is 0 Å². The van der Waals surface area contributed by atoms with Crippen LogP contribution in [-0.4, -0.2) is 41.1 Å². The van der Waals surface area contributed by atoms with Crippen LogP contribution in [0.3, 0.4) is 0 Å². The van der Waals surface area contributed by atoms with Gasteiger partial charge in [0.15, 0.2) is 0 Å². The van der Waals surface area contributed by atoms with Crippen LogP contribution in [-0.2, 0) is 0 Å². The fraction of sp³-hybridized carbons (Fsp3) is 0.786. The van der Waals surface area contributed by atoms with Gasteiger partial charge in [0.1, 0.15) is 0 Å². The van der Waals surface area contributed by atoms with Gasteiger partial charge >= 0.3 is 0 Å². The predicted octanol–water partition coefficient (Wildman–Crippen LogP) is 2.36. The first kappa shape index (κ1) is 14.8. The maximum Gasteiger partial charge on any atom is 0.231 e. The van der Waals surface area contributed by atoms with E-state index in [1.165, 1.54) is 19.3 Å². The van der Waals surface area contributed by atoms with Crippen molar-refractivity contribution < 1.29 is 0 Å².